The summed E-state index contributed by atoms with van der Waals surface area (Å²) in [4.78, 5) is 15.1. The van der Waals surface area contributed by atoms with Crippen molar-refractivity contribution in [1.82, 2.24) is 13.8 Å². The first-order valence-corrected chi connectivity index (χ1v) is 12.1. The van der Waals surface area contributed by atoms with Crippen LogP contribution in [0.3, 0.4) is 0 Å². The summed E-state index contributed by atoms with van der Waals surface area (Å²) in [5.41, 5.74) is 0.644. The van der Waals surface area contributed by atoms with Crippen molar-refractivity contribution in [2.75, 3.05) is 19.6 Å². The number of rotatable bonds is 3. The minimum absolute atomic E-state index is 0.0176. The number of fused-ring (bicyclic) bond motifs is 2. The molecule has 8 heteroatoms. The van der Waals surface area contributed by atoms with Crippen LogP contribution < -0.4 is 4.74 Å². The Bertz CT molecular complexity index is 1060. The van der Waals surface area contributed by atoms with Gasteiger partial charge in [-0.2, -0.15) is 4.31 Å². The third kappa shape index (κ3) is 3.41. The van der Waals surface area contributed by atoms with Crippen molar-refractivity contribution in [2.24, 2.45) is 13.0 Å². The molecule has 0 unspecified atom stereocenters. The number of nitrogens with zero attached hydrogens (tertiary/aromatic N) is 3. The summed E-state index contributed by atoms with van der Waals surface area (Å²) in [6.45, 7) is 1.60. The van der Waals surface area contributed by atoms with Gasteiger partial charge in [-0.05, 0) is 49.4 Å². The van der Waals surface area contributed by atoms with Gasteiger partial charge in [-0.15, -0.1) is 0 Å². The van der Waals surface area contributed by atoms with E-state index < -0.39 is 10.0 Å². The van der Waals surface area contributed by atoms with Crippen LogP contribution in [0.1, 0.15) is 36.2 Å². The Morgan fingerprint density at radius 3 is 2.57 bits per heavy atom. The van der Waals surface area contributed by atoms with Gasteiger partial charge in [0.15, 0.2) is 0 Å². The van der Waals surface area contributed by atoms with Crippen LogP contribution in [0.5, 0.6) is 5.75 Å². The third-order valence-corrected chi connectivity index (χ3v) is 8.41. The summed E-state index contributed by atoms with van der Waals surface area (Å²) in [5.74, 6) is 0.832. The molecule has 3 heterocycles. The topological polar surface area (TPSA) is 71.8 Å². The molecule has 0 spiro atoms. The number of carbonyl (C=O) groups is 1. The first kappa shape index (κ1) is 19.6. The number of likely N-dealkylation sites (tertiary alicyclic amines) is 1. The van der Waals surface area contributed by atoms with Crippen LogP contribution in [0.2, 0.25) is 0 Å². The number of aromatic nitrogens is 1. The van der Waals surface area contributed by atoms with Gasteiger partial charge in [0.1, 0.15) is 22.4 Å². The Morgan fingerprint density at radius 1 is 1.07 bits per heavy atom. The van der Waals surface area contributed by atoms with Crippen molar-refractivity contribution >= 4 is 15.9 Å². The van der Waals surface area contributed by atoms with Crippen molar-refractivity contribution in [3.8, 4) is 5.75 Å². The number of benzene rings is 1. The average Bonchev–Trinajstić information content (AvgIpc) is 3.49. The zero-order valence-corrected chi connectivity index (χ0v) is 17.9. The lowest BCUT2D eigenvalue weighted by Gasteiger charge is -2.31. The minimum Gasteiger partial charge on any atom is -0.487 e. The van der Waals surface area contributed by atoms with Crippen molar-refractivity contribution in [3.63, 3.8) is 0 Å². The zero-order valence-electron chi connectivity index (χ0n) is 17.1. The van der Waals surface area contributed by atoms with E-state index in [9.17, 15) is 13.2 Å². The smallest absolute Gasteiger partial charge is 0.270 e. The number of amides is 1. The van der Waals surface area contributed by atoms with Crippen molar-refractivity contribution < 1.29 is 17.9 Å². The predicted molar refractivity (Wildman–Crippen MR) is 112 cm³/mol. The highest BCUT2D eigenvalue weighted by atomic mass is 32.2. The van der Waals surface area contributed by atoms with Gasteiger partial charge in [0.25, 0.3) is 5.91 Å². The Hall–Kier alpha value is -2.32. The van der Waals surface area contributed by atoms with Crippen LogP contribution in [0.15, 0.2) is 47.5 Å². The van der Waals surface area contributed by atoms with Gasteiger partial charge in [0.05, 0.1) is 6.04 Å². The summed E-state index contributed by atoms with van der Waals surface area (Å²) in [7, 11) is -1.79. The summed E-state index contributed by atoms with van der Waals surface area (Å²) < 4.78 is 36.9. The van der Waals surface area contributed by atoms with E-state index in [-0.39, 0.29) is 22.9 Å². The second-order valence-corrected chi connectivity index (χ2v) is 10.4. The van der Waals surface area contributed by atoms with Crippen LogP contribution in [-0.2, 0) is 17.1 Å². The molecule has 0 N–H and O–H groups in total. The quantitative estimate of drug-likeness (QED) is 0.752. The van der Waals surface area contributed by atoms with Gasteiger partial charge in [-0.3, -0.25) is 4.79 Å². The lowest BCUT2D eigenvalue weighted by atomic mass is 10.1. The Kier molecular flexibility index (Phi) is 4.86. The third-order valence-electron chi connectivity index (χ3n) is 6.48. The molecule has 1 amide bonds. The van der Waals surface area contributed by atoms with Gasteiger partial charge in [-0.25, -0.2) is 8.42 Å². The summed E-state index contributed by atoms with van der Waals surface area (Å²) in [6.07, 6.45) is 4.91. The number of sulfonamides is 1. The van der Waals surface area contributed by atoms with Crippen LogP contribution >= 0.6 is 0 Å². The molecule has 0 radical (unpaired) electrons. The monoisotopic (exact) mass is 429 g/mol. The van der Waals surface area contributed by atoms with E-state index in [0.717, 1.165) is 12.8 Å². The van der Waals surface area contributed by atoms with Gasteiger partial charge in [-0.1, -0.05) is 12.1 Å². The minimum atomic E-state index is -3.65. The molecule has 1 aromatic carbocycles. The maximum Gasteiger partial charge on any atom is 0.270 e. The molecule has 2 aromatic rings. The van der Waals surface area contributed by atoms with Crippen molar-refractivity contribution in [1.29, 1.82) is 0 Å². The Labute approximate surface area is 177 Å². The molecule has 2 aliphatic heterocycles. The van der Waals surface area contributed by atoms with E-state index >= 15 is 0 Å². The van der Waals surface area contributed by atoms with Gasteiger partial charge >= 0.3 is 0 Å². The molecular weight excluding hydrogens is 402 g/mol. The maximum absolute atomic E-state index is 13.6. The lowest BCUT2D eigenvalue weighted by Crippen LogP contribution is -2.48. The maximum atomic E-state index is 13.6. The fraction of sp³-hybridized carbons (Fsp3) is 0.500. The number of hydrogen-bond acceptors (Lipinski definition) is 4. The van der Waals surface area contributed by atoms with Gasteiger partial charge in [0, 0.05) is 39.3 Å². The van der Waals surface area contributed by atoms with Crippen molar-refractivity contribution in [3.05, 3.63) is 48.3 Å². The molecule has 7 nitrogen and oxygen atoms in total. The molecule has 5 rings (SSSR count). The van der Waals surface area contributed by atoms with E-state index in [1.54, 1.807) is 22.5 Å². The molecular formula is C22H27N3O4S. The highest BCUT2D eigenvalue weighted by Crippen LogP contribution is 2.39. The number of aryl methyl sites for hydroxylation is 1. The fourth-order valence-electron chi connectivity index (χ4n) is 4.59. The van der Waals surface area contributed by atoms with Gasteiger partial charge in [0.2, 0.25) is 10.0 Å². The first-order valence-electron chi connectivity index (χ1n) is 10.6. The molecule has 0 bridgehead atoms. The second kappa shape index (κ2) is 7.42. The molecule has 2 fully saturated rings. The number of ether oxygens (including phenoxy) is 1. The normalized spacial score (nSPS) is 26.1. The van der Waals surface area contributed by atoms with Crippen LogP contribution in [0.4, 0.5) is 0 Å². The summed E-state index contributed by atoms with van der Waals surface area (Å²) in [6, 6.07) is 10.3. The summed E-state index contributed by atoms with van der Waals surface area (Å²) >= 11 is 0. The number of carbonyl (C=O) groups excluding carboxylic acids is 1. The van der Waals surface area contributed by atoms with E-state index in [0.29, 0.717) is 49.8 Å². The van der Waals surface area contributed by atoms with Gasteiger partial charge < -0.3 is 14.2 Å². The molecule has 1 aliphatic carbocycles. The van der Waals surface area contributed by atoms with E-state index in [4.69, 9.17) is 4.74 Å². The summed E-state index contributed by atoms with van der Waals surface area (Å²) in [5, 5.41) is 0. The lowest BCUT2D eigenvalue weighted by molar-refractivity contribution is 0.0745. The predicted octanol–water partition coefficient (Wildman–Crippen LogP) is 2.49. The van der Waals surface area contributed by atoms with Crippen molar-refractivity contribution in [2.45, 2.75) is 42.7 Å². The molecule has 2 atom stereocenters. The first-order chi connectivity index (χ1) is 14.4. The Morgan fingerprint density at radius 2 is 1.83 bits per heavy atom. The highest BCUT2D eigenvalue weighted by molar-refractivity contribution is 7.89. The fourth-order valence-corrected chi connectivity index (χ4v) is 6.47. The van der Waals surface area contributed by atoms with E-state index in [1.165, 1.54) is 0 Å². The Balaban J connectivity index is 1.47. The number of para-hydroxylation sites is 1. The van der Waals surface area contributed by atoms with E-state index in [1.807, 2.05) is 40.9 Å². The van der Waals surface area contributed by atoms with Crippen LogP contribution in [0.25, 0.3) is 0 Å². The standard InChI is InChI=1S/C22H27N3O4S/c1-23-12-4-5-18(23)22(26)24-13-10-17-19(11-14-24)29-20-6-2-3-7-21(20)30(27,28)25(17)15-16-8-9-16/h2-7,12,16-17,19H,8-11,13-15H2,1H3/t17-,19-/m0/s1. The molecule has 3 aliphatic rings. The average molecular weight is 430 g/mol. The highest BCUT2D eigenvalue weighted by Gasteiger charge is 2.45. The van der Waals surface area contributed by atoms with Crippen LogP contribution in [0, 0.1) is 5.92 Å². The van der Waals surface area contributed by atoms with E-state index in [2.05, 4.69) is 0 Å². The molecule has 1 saturated carbocycles. The SMILES string of the molecule is Cn1cccc1C(=O)N1CC[C@@H]2Oc3ccccc3S(=O)(=O)N(CC3CC3)[C@H]2CC1. The number of hydrogen-bond donors (Lipinski definition) is 0. The van der Waals surface area contributed by atoms with Crippen LogP contribution in [-0.4, -0.2) is 59.9 Å². The molecule has 1 aromatic heterocycles. The molecule has 1 saturated heterocycles. The largest absolute Gasteiger partial charge is 0.487 e. The molecule has 30 heavy (non-hydrogen) atoms. The zero-order chi connectivity index (χ0) is 20.9. The second-order valence-electron chi connectivity index (χ2n) is 8.56. The molecule has 160 valence electrons.